The Balaban J connectivity index is 1.53. The molecule has 3 aromatic carbocycles. The topological polar surface area (TPSA) is 84.2 Å². The van der Waals surface area contributed by atoms with Gasteiger partial charge in [0.15, 0.2) is 0 Å². The minimum absolute atomic E-state index is 0.000559. The van der Waals surface area contributed by atoms with Crippen LogP contribution in [-0.4, -0.2) is 16.1 Å². The fraction of sp³-hybridized carbons (Fsp3) is 0.130. The van der Waals surface area contributed by atoms with Gasteiger partial charge in [0.25, 0.3) is 5.91 Å². The third-order valence-electron chi connectivity index (χ3n) is 5.51. The van der Waals surface area contributed by atoms with E-state index in [2.05, 4.69) is 10.6 Å². The van der Waals surface area contributed by atoms with Crippen molar-refractivity contribution in [3.8, 4) is 0 Å². The van der Waals surface area contributed by atoms with E-state index in [-0.39, 0.29) is 31.3 Å². The molecule has 1 saturated carbocycles. The van der Waals surface area contributed by atoms with Crippen molar-refractivity contribution in [2.75, 3.05) is 16.4 Å². The van der Waals surface area contributed by atoms with E-state index in [9.17, 15) is 18.4 Å². The van der Waals surface area contributed by atoms with E-state index in [0.29, 0.717) is 5.56 Å². The Morgan fingerprint density at radius 2 is 1.50 bits per heavy atom. The maximum Gasteiger partial charge on any atom is 0.257 e. The predicted molar refractivity (Wildman–Crippen MR) is 141 cm³/mol. The van der Waals surface area contributed by atoms with Gasteiger partial charge in [0.05, 0.1) is 42.9 Å². The number of nitrogen functional groups attached to an aromatic ring is 1. The lowest BCUT2D eigenvalue weighted by molar-refractivity contribution is -0.117. The first-order valence-corrected chi connectivity index (χ1v) is 12.3. The van der Waals surface area contributed by atoms with E-state index in [4.69, 9.17) is 75.3 Å². The zero-order valence-electron chi connectivity index (χ0n) is 17.6. The Kier molecular flexibility index (Phi) is 7.55. The lowest BCUT2D eigenvalue weighted by Crippen LogP contribution is -2.18. The molecule has 188 valence electrons. The summed E-state index contributed by atoms with van der Waals surface area (Å²) in [4.78, 5) is 25.7. The van der Waals surface area contributed by atoms with Gasteiger partial charge in [-0.05, 0) is 35.9 Å². The van der Waals surface area contributed by atoms with Crippen LogP contribution in [0.2, 0.25) is 20.1 Å². The molecular weight excluding hydrogens is 601 g/mol. The van der Waals surface area contributed by atoms with Crippen LogP contribution in [0.3, 0.4) is 0 Å². The molecule has 0 saturated heterocycles. The zero-order valence-corrected chi connectivity index (χ0v) is 22.1. The van der Waals surface area contributed by atoms with Gasteiger partial charge in [-0.15, -0.1) is 23.2 Å². The number of nitrogens with two attached hydrogens (primary N) is 1. The highest BCUT2D eigenvalue weighted by molar-refractivity contribution is 6.54. The third kappa shape index (κ3) is 5.19. The van der Waals surface area contributed by atoms with Gasteiger partial charge < -0.3 is 16.4 Å². The molecule has 1 unspecified atom stereocenters. The molecule has 0 spiro atoms. The monoisotopic (exact) mass is 611 g/mol. The highest BCUT2D eigenvalue weighted by Crippen LogP contribution is 2.65. The number of carbonyl (C=O) groups excluding carboxylic acids is 2. The number of hydrogen-bond acceptors (Lipinski definition) is 3. The van der Waals surface area contributed by atoms with Gasteiger partial charge in [-0.3, -0.25) is 9.59 Å². The summed E-state index contributed by atoms with van der Waals surface area (Å²) in [5.74, 6) is -4.76. The van der Waals surface area contributed by atoms with Gasteiger partial charge >= 0.3 is 0 Å². The molecular formula is C23H13Cl6F2N3O2. The van der Waals surface area contributed by atoms with Crippen molar-refractivity contribution < 1.29 is 18.4 Å². The van der Waals surface area contributed by atoms with Crippen LogP contribution in [0.25, 0.3) is 0 Å². The maximum absolute atomic E-state index is 14.1. The second-order valence-electron chi connectivity index (χ2n) is 7.92. The number of alkyl halides is 2. The molecule has 2 amide bonds. The standard InChI is InChI=1S/C23H13Cl6F2N3O2/c24-11-2-1-9(5-10(11)21(35)34-17-7-14(30)16(32)6-15(17)31)33-22(36)19-18(23(19,28)29)8-3-12(25)20(27)13(26)4-8/h1-7,18-19H,32H2,(H,33,36)(H,34,35)/t18-,19?/m0/s1. The molecule has 36 heavy (non-hydrogen) atoms. The van der Waals surface area contributed by atoms with E-state index in [1.54, 1.807) is 0 Å². The van der Waals surface area contributed by atoms with Crippen molar-refractivity contribution in [3.05, 3.63) is 85.3 Å². The molecule has 0 aliphatic heterocycles. The SMILES string of the molecule is Nc1cc(F)c(NC(=O)c2cc(NC(=O)C3[C@H](c4cc(Cl)c(Cl)c(Cl)c4)C3(Cl)Cl)ccc2Cl)cc1F. The summed E-state index contributed by atoms with van der Waals surface area (Å²) in [6, 6.07) is 8.58. The normalized spacial score (nSPS) is 18.0. The minimum Gasteiger partial charge on any atom is -0.396 e. The van der Waals surface area contributed by atoms with E-state index in [0.717, 1.165) is 12.1 Å². The van der Waals surface area contributed by atoms with Crippen molar-refractivity contribution in [2.45, 2.75) is 10.3 Å². The molecule has 1 fully saturated rings. The Hall–Kier alpha value is -2.00. The van der Waals surface area contributed by atoms with Crippen LogP contribution < -0.4 is 16.4 Å². The number of rotatable bonds is 5. The van der Waals surface area contributed by atoms with Gasteiger partial charge in [-0.2, -0.15) is 0 Å². The largest absolute Gasteiger partial charge is 0.396 e. The van der Waals surface area contributed by atoms with Gasteiger partial charge in [-0.1, -0.05) is 46.4 Å². The molecule has 1 aliphatic rings. The fourth-order valence-corrected chi connectivity index (χ4v) is 5.31. The molecule has 0 bridgehead atoms. The average molecular weight is 614 g/mol. The van der Waals surface area contributed by atoms with E-state index in [1.165, 1.54) is 30.3 Å². The molecule has 3 aromatic rings. The Morgan fingerprint density at radius 3 is 2.14 bits per heavy atom. The molecule has 13 heteroatoms. The lowest BCUT2D eigenvalue weighted by atomic mass is 10.1. The number of nitrogens with one attached hydrogen (secondary N) is 2. The van der Waals surface area contributed by atoms with E-state index < -0.39 is 51.0 Å². The summed E-state index contributed by atoms with van der Waals surface area (Å²) >= 11 is 37.0. The summed E-state index contributed by atoms with van der Waals surface area (Å²) in [7, 11) is 0. The average Bonchev–Trinajstić information content (AvgIpc) is 3.38. The molecule has 1 aliphatic carbocycles. The number of anilines is 3. The van der Waals surface area contributed by atoms with Crippen LogP contribution in [0.15, 0.2) is 42.5 Å². The number of carbonyl (C=O) groups is 2. The van der Waals surface area contributed by atoms with Crippen molar-refractivity contribution in [3.63, 3.8) is 0 Å². The third-order valence-corrected chi connectivity index (χ3v) is 7.98. The predicted octanol–water partition coefficient (Wildman–Crippen LogP) is 7.94. The molecule has 0 heterocycles. The number of halogens is 8. The smallest absolute Gasteiger partial charge is 0.257 e. The van der Waals surface area contributed by atoms with Crippen LogP contribution in [0.1, 0.15) is 21.8 Å². The summed E-state index contributed by atoms with van der Waals surface area (Å²) in [6.07, 6.45) is 0. The van der Waals surface area contributed by atoms with Gasteiger partial charge in [0, 0.05) is 23.7 Å². The number of amides is 2. The van der Waals surface area contributed by atoms with Crippen molar-refractivity contribution in [1.29, 1.82) is 0 Å². The van der Waals surface area contributed by atoms with Crippen molar-refractivity contribution in [2.24, 2.45) is 5.92 Å². The molecule has 2 atom stereocenters. The second kappa shape index (κ2) is 10.0. The maximum atomic E-state index is 14.1. The fourth-order valence-electron chi connectivity index (χ4n) is 3.67. The summed E-state index contributed by atoms with van der Waals surface area (Å²) in [5, 5.41) is 5.37. The minimum atomic E-state index is -1.45. The first kappa shape index (κ1) is 27.0. The molecule has 4 rings (SSSR count). The van der Waals surface area contributed by atoms with Gasteiger partial charge in [0.2, 0.25) is 5.91 Å². The van der Waals surface area contributed by atoms with Crippen LogP contribution >= 0.6 is 69.6 Å². The molecule has 5 nitrogen and oxygen atoms in total. The molecule has 0 radical (unpaired) electrons. The summed E-state index contributed by atoms with van der Waals surface area (Å²) in [6.45, 7) is 0. The number of benzene rings is 3. The highest BCUT2D eigenvalue weighted by atomic mass is 35.5. The summed E-state index contributed by atoms with van der Waals surface area (Å²) < 4.78 is 26.3. The van der Waals surface area contributed by atoms with Crippen LogP contribution in [-0.2, 0) is 4.79 Å². The van der Waals surface area contributed by atoms with Crippen LogP contribution in [0.4, 0.5) is 25.8 Å². The second-order valence-corrected chi connectivity index (χ2v) is 11.0. The first-order chi connectivity index (χ1) is 16.8. The summed E-state index contributed by atoms with van der Waals surface area (Å²) in [5.41, 5.74) is 5.05. The Morgan fingerprint density at radius 1 is 0.861 bits per heavy atom. The Bertz CT molecular complexity index is 1400. The zero-order chi connectivity index (χ0) is 26.5. The first-order valence-electron chi connectivity index (χ1n) is 9.99. The van der Waals surface area contributed by atoms with Gasteiger partial charge in [0.1, 0.15) is 16.0 Å². The quantitative estimate of drug-likeness (QED) is 0.155. The highest BCUT2D eigenvalue weighted by Gasteiger charge is 2.67. The Labute approximate surface area is 233 Å². The van der Waals surface area contributed by atoms with E-state index >= 15 is 0 Å². The van der Waals surface area contributed by atoms with Crippen LogP contribution in [0.5, 0.6) is 0 Å². The molecule has 0 aromatic heterocycles. The van der Waals surface area contributed by atoms with Crippen molar-refractivity contribution in [1.82, 2.24) is 0 Å². The molecule has 4 N–H and O–H groups in total. The lowest BCUT2D eigenvalue weighted by Gasteiger charge is -2.11. The van der Waals surface area contributed by atoms with Crippen molar-refractivity contribution >= 4 is 98.5 Å². The number of hydrogen-bond donors (Lipinski definition) is 3. The van der Waals surface area contributed by atoms with Gasteiger partial charge in [-0.25, -0.2) is 8.78 Å². The van der Waals surface area contributed by atoms with E-state index in [1.807, 2.05) is 0 Å². The van der Waals surface area contributed by atoms with Crippen LogP contribution in [0, 0.1) is 17.6 Å².